The van der Waals surface area contributed by atoms with Gasteiger partial charge in [-0.1, -0.05) is 36.4 Å². The van der Waals surface area contributed by atoms with E-state index in [1.54, 1.807) is 31.2 Å². The van der Waals surface area contributed by atoms with E-state index < -0.39 is 41.0 Å². The predicted molar refractivity (Wildman–Crippen MR) is 148 cm³/mol. The van der Waals surface area contributed by atoms with Crippen molar-refractivity contribution in [1.29, 1.82) is 0 Å². The van der Waals surface area contributed by atoms with Crippen LogP contribution in [0.15, 0.2) is 99.1 Å². The summed E-state index contributed by atoms with van der Waals surface area (Å²) in [5, 5.41) is 6.22. The van der Waals surface area contributed by atoms with Gasteiger partial charge in [0.05, 0.1) is 28.6 Å². The zero-order valence-electron chi connectivity index (χ0n) is 21.7. The van der Waals surface area contributed by atoms with Crippen LogP contribution in [0.1, 0.15) is 40.5 Å². The van der Waals surface area contributed by atoms with Crippen LogP contribution in [0.2, 0.25) is 0 Å². The molecule has 11 heteroatoms. The van der Waals surface area contributed by atoms with Crippen LogP contribution in [0.5, 0.6) is 5.75 Å². The van der Waals surface area contributed by atoms with E-state index in [0.717, 1.165) is 17.7 Å². The molecule has 0 saturated heterocycles. The van der Waals surface area contributed by atoms with Gasteiger partial charge in [-0.25, -0.2) is 23.4 Å². The Kier molecular flexibility index (Phi) is 7.86. The van der Waals surface area contributed by atoms with Crippen LogP contribution < -0.4 is 26.8 Å². The average molecular weight is 559 g/mol. The number of benzene rings is 3. The second kappa shape index (κ2) is 11.8. The Morgan fingerprint density at radius 3 is 2.56 bits per heavy atom. The van der Waals surface area contributed by atoms with Crippen LogP contribution in [-0.4, -0.2) is 22.5 Å². The molecule has 3 aromatic carbocycles. The molecule has 0 fully saturated rings. The van der Waals surface area contributed by atoms with Gasteiger partial charge in [0.1, 0.15) is 18.2 Å². The molecule has 9 nitrogen and oxygen atoms in total. The number of nitrogens with zero attached hydrogens (tertiary/aromatic N) is 1. The Morgan fingerprint density at radius 1 is 0.976 bits per heavy atom. The number of nitrogens with one attached hydrogen (secondary N) is 3. The van der Waals surface area contributed by atoms with Gasteiger partial charge in [-0.05, 0) is 60.5 Å². The number of anilines is 1. The molecule has 2 atom stereocenters. The van der Waals surface area contributed by atoms with Crippen molar-refractivity contribution in [2.24, 2.45) is 0 Å². The topological polar surface area (TPSA) is 126 Å². The Morgan fingerprint density at radius 2 is 1.78 bits per heavy atom. The van der Waals surface area contributed by atoms with Crippen molar-refractivity contribution in [3.8, 4) is 5.75 Å². The molecule has 2 heterocycles. The van der Waals surface area contributed by atoms with E-state index in [1.165, 1.54) is 18.3 Å². The van der Waals surface area contributed by atoms with Gasteiger partial charge < -0.3 is 19.8 Å². The molecule has 5 aromatic rings. The van der Waals surface area contributed by atoms with Crippen LogP contribution in [0.4, 0.5) is 14.6 Å². The summed E-state index contributed by atoms with van der Waals surface area (Å²) in [5.41, 5.74) is 1.01. The molecular formula is C30H24F2N4O5. The molecule has 5 rings (SSSR count). The lowest BCUT2D eigenvalue weighted by Crippen LogP contribution is -2.29. The Hall–Kier alpha value is -5.32. The monoisotopic (exact) mass is 558 g/mol. The molecule has 208 valence electrons. The van der Waals surface area contributed by atoms with Gasteiger partial charge in [-0.15, -0.1) is 0 Å². The first kappa shape index (κ1) is 27.3. The fourth-order valence-electron chi connectivity index (χ4n) is 4.26. The summed E-state index contributed by atoms with van der Waals surface area (Å²) in [7, 11) is 0. The fourth-order valence-corrected chi connectivity index (χ4v) is 4.26. The average Bonchev–Trinajstić information content (AvgIpc) is 2.97. The summed E-state index contributed by atoms with van der Waals surface area (Å²) in [6, 6.07) is 19.5. The first-order valence-electron chi connectivity index (χ1n) is 12.6. The zero-order valence-corrected chi connectivity index (χ0v) is 21.7. The van der Waals surface area contributed by atoms with E-state index in [-0.39, 0.29) is 23.4 Å². The summed E-state index contributed by atoms with van der Waals surface area (Å²) >= 11 is 0. The van der Waals surface area contributed by atoms with Crippen LogP contribution >= 0.6 is 0 Å². The number of rotatable bonds is 9. The van der Waals surface area contributed by atoms with Gasteiger partial charge in [0.25, 0.3) is 5.91 Å². The molecule has 2 unspecified atom stereocenters. The highest BCUT2D eigenvalue weighted by atomic mass is 19.2. The molecule has 3 N–H and O–H groups in total. The van der Waals surface area contributed by atoms with Crippen LogP contribution in [0, 0.1) is 11.6 Å². The van der Waals surface area contributed by atoms with Crippen LogP contribution in [0.25, 0.3) is 10.9 Å². The number of ether oxygens (including phenoxy) is 1. The quantitative estimate of drug-likeness (QED) is 0.235. The van der Waals surface area contributed by atoms with Crippen molar-refractivity contribution < 1.29 is 22.7 Å². The first-order valence-corrected chi connectivity index (χ1v) is 12.6. The number of fused-ring (bicyclic) bond motifs is 1. The van der Waals surface area contributed by atoms with Crippen LogP contribution in [0.3, 0.4) is 0 Å². The van der Waals surface area contributed by atoms with E-state index >= 15 is 0 Å². The smallest absolute Gasteiger partial charge is 0.419 e. The van der Waals surface area contributed by atoms with Gasteiger partial charge in [0.2, 0.25) is 0 Å². The van der Waals surface area contributed by atoms with Crippen molar-refractivity contribution in [3.63, 3.8) is 0 Å². The number of carbonyl (C=O) groups is 1. The molecule has 0 aliphatic rings. The number of amides is 1. The minimum absolute atomic E-state index is 0.0765. The van der Waals surface area contributed by atoms with Gasteiger partial charge in [0, 0.05) is 6.20 Å². The highest BCUT2D eigenvalue weighted by Gasteiger charge is 2.20. The highest BCUT2D eigenvalue weighted by molar-refractivity contribution is 5.99. The van der Waals surface area contributed by atoms with Gasteiger partial charge in [-0.3, -0.25) is 9.78 Å². The normalized spacial score (nSPS) is 12.5. The maximum Gasteiger partial charge on any atom is 0.419 e. The number of carbonyl (C=O) groups excluding carboxylic acids is 1. The van der Waals surface area contributed by atoms with Crippen molar-refractivity contribution in [2.75, 3.05) is 11.9 Å². The summed E-state index contributed by atoms with van der Waals surface area (Å²) < 4.78 is 37.7. The second-order valence-corrected chi connectivity index (χ2v) is 9.20. The van der Waals surface area contributed by atoms with Crippen molar-refractivity contribution in [3.05, 3.63) is 134 Å². The third-order valence-electron chi connectivity index (χ3n) is 6.41. The van der Waals surface area contributed by atoms with E-state index in [2.05, 4.69) is 25.0 Å². The number of pyridine rings is 1. The molecule has 0 spiro atoms. The Labute approximate surface area is 231 Å². The molecule has 1 amide bonds. The van der Waals surface area contributed by atoms with E-state index in [0.29, 0.717) is 16.8 Å². The van der Waals surface area contributed by atoms with Crippen molar-refractivity contribution in [2.45, 2.75) is 19.0 Å². The van der Waals surface area contributed by atoms with E-state index in [9.17, 15) is 23.2 Å². The minimum atomic E-state index is -1.00. The summed E-state index contributed by atoms with van der Waals surface area (Å²) in [4.78, 5) is 43.6. The fraction of sp³-hybridized carbons (Fsp3) is 0.133. The SMILES string of the molecule is CC(NC(=O)c1cccnc1NC(COc1ccc2[nH]c(=O)oc(=O)c2c1)c1ccccc1)c1ccc(F)c(F)c1. The highest BCUT2D eigenvalue weighted by Crippen LogP contribution is 2.25. The Balaban J connectivity index is 1.37. The number of halogens is 2. The molecule has 0 saturated carbocycles. The third kappa shape index (κ3) is 6.30. The largest absolute Gasteiger partial charge is 0.491 e. The van der Waals surface area contributed by atoms with Crippen molar-refractivity contribution >= 4 is 22.6 Å². The number of H-pyrrole nitrogens is 1. The molecule has 0 radical (unpaired) electrons. The number of aromatic nitrogens is 2. The summed E-state index contributed by atoms with van der Waals surface area (Å²) in [6.07, 6.45) is 1.53. The summed E-state index contributed by atoms with van der Waals surface area (Å²) in [5.74, 6) is -2.66. The van der Waals surface area contributed by atoms with E-state index in [1.807, 2.05) is 30.3 Å². The van der Waals surface area contributed by atoms with Gasteiger partial charge >= 0.3 is 11.4 Å². The first-order chi connectivity index (χ1) is 19.8. The lowest BCUT2D eigenvalue weighted by atomic mass is 10.1. The lowest BCUT2D eigenvalue weighted by Gasteiger charge is -2.22. The molecular weight excluding hydrogens is 534 g/mol. The summed E-state index contributed by atoms with van der Waals surface area (Å²) in [6.45, 7) is 1.74. The predicted octanol–water partition coefficient (Wildman–Crippen LogP) is 4.88. The van der Waals surface area contributed by atoms with Gasteiger partial charge in [0.15, 0.2) is 11.6 Å². The number of aromatic amines is 1. The van der Waals surface area contributed by atoms with Crippen molar-refractivity contribution in [1.82, 2.24) is 15.3 Å². The zero-order chi connectivity index (χ0) is 28.9. The van der Waals surface area contributed by atoms with E-state index in [4.69, 9.17) is 4.74 Å². The van der Waals surface area contributed by atoms with Gasteiger partial charge in [-0.2, -0.15) is 0 Å². The Bertz CT molecular complexity index is 1820. The molecule has 41 heavy (non-hydrogen) atoms. The molecule has 0 bridgehead atoms. The third-order valence-corrected chi connectivity index (χ3v) is 6.41. The number of hydrogen-bond acceptors (Lipinski definition) is 7. The molecule has 2 aromatic heterocycles. The maximum absolute atomic E-state index is 13.7. The molecule has 0 aliphatic carbocycles. The standard InChI is InChI=1S/C30H24F2N4O5/c1-17(19-9-11-23(31)24(32)14-19)34-28(37)21-8-5-13-33-27(21)35-26(18-6-3-2-4-7-18)16-40-20-10-12-25-22(15-20)29(38)41-30(39)36-25/h2-15,17,26H,16H2,1H3,(H,33,35)(H,34,37)(H,36,39). The van der Waals surface area contributed by atoms with Crippen LogP contribution in [-0.2, 0) is 0 Å². The minimum Gasteiger partial charge on any atom is -0.491 e. The maximum atomic E-state index is 13.7. The second-order valence-electron chi connectivity index (χ2n) is 9.20. The lowest BCUT2D eigenvalue weighted by molar-refractivity contribution is 0.0940. The number of hydrogen-bond donors (Lipinski definition) is 3. The molecule has 0 aliphatic heterocycles.